The Morgan fingerprint density at radius 2 is 1.92 bits per heavy atom. The Morgan fingerprint density at radius 1 is 1.16 bits per heavy atom. The van der Waals surface area contributed by atoms with Gasteiger partial charge < -0.3 is 4.74 Å². The van der Waals surface area contributed by atoms with E-state index in [1.165, 1.54) is 3.97 Å². The number of fused-ring (bicyclic) bond motifs is 3. The molecular weight excluding hydrogens is 360 g/mol. The van der Waals surface area contributed by atoms with E-state index in [-0.39, 0.29) is 4.90 Å². The molecule has 128 valence electrons. The van der Waals surface area contributed by atoms with Gasteiger partial charge in [-0.1, -0.05) is 29.8 Å². The van der Waals surface area contributed by atoms with Crippen LogP contribution in [0.1, 0.15) is 11.3 Å². The zero-order chi connectivity index (χ0) is 17.6. The van der Waals surface area contributed by atoms with Gasteiger partial charge in [-0.15, -0.1) is 0 Å². The fraction of sp³-hybridized carbons (Fsp3) is 0.167. The molecule has 0 bridgehead atoms. The van der Waals surface area contributed by atoms with Crippen LogP contribution in [0.5, 0.6) is 5.75 Å². The van der Waals surface area contributed by atoms with Crippen molar-refractivity contribution in [3.05, 3.63) is 58.7 Å². The molecule has 0 radical (unpaired) electrons. The normalized spacial score (nSPS) is 14.2. The summed E-state index contributed by atoms with van der Waals surface area (Å²) in [5.74, 6) is 0.657. The first-order valence-corrected chi connectivity index (χ1v) is 9.60. The van der Waals surface area contributed by atoms with Crippen LogP contribution in [0.3, 0.4) is 0 Å². The van der Waals surface area contributed by atoms with Gasteiger partial charge in [-0.05, 0) is 31.2 Å². The number of rotatable bonds is 2. The number of halogens is 1. The van der Waals surface area contributed by atoms with E-state index >= 15 is 0 Å². The minimum Gasteiger partial charge on any atom is -0.491 e. The fourth-order valence-corrected chi connectivity index (χ4v) is 4.97. The van der Waals surface area contributed by atoms with Crippen molar-refractivity contribution in [3.8, 4) is 5.75 Å². The first kappa shape index (κ1) is 16.2. The van der Waals surface area contributed by atoms with E-state index in [0.717, 1.165) is 0 Å². The minimum absolute atomic E-state index is 0.214. The third-order valence-corrected chi connectivity index (χ3v) is 6.51. The van der Waals surface area contributed by atoms with Crippen LogP contribution in [0.15, 0.2) is 52.4 Å². The molecule has 2 aromatic carbocycles. The van der Waals surface area contributed by atoms with Crippen LogP contribution in [0.4, 0.5) is 0 Å². The Hall–Kier alpha value is -2.31. The van der Waals surface area contributed by atoms with Gasteiger partial charge in [0.15, 0.2) is 0 Å². The van der Waals surface area contributed by atoms with Gasteiger partial charge in [0.25, 0.3) is 10.0 Å². The van der Waals surface area contributed by atoms with Crippen LogP contribution in [0.25, 0.3) is 10.9 Å². The summed E-state index contributed by atoms with van der Waals surface area (Å²) in [6, 6.07) is 11.8. The zero-order valence-corrected chi connectivity index (χ0v) is 15.0. The first-order valence-electron chi connectivity index (χ1n) is 7.78. The van der Waals surface area contributed by atoms with E-state index in [4.69, 9.17) is 16.3 Å². The molecule has 5 nitrogen and oxygen atoms in total. The molecule has 0 spiro atoms. The van der Waals surface area contributed by atoms with Crippen molar-refractivity contribution in [3.63, 3.8) is 0 Å². The van der Waals surface area contributed by atoms with E-state index in [9.17, 15) is 8.42 Å². The number of benzene rings is 2. The van der Waals surface area contributed by atoms with Gasteiger partial charge in [0.2, 0.25) is 0 Å². The van der Waals surface area contributed by atoms with Gasteiger partial charge in [0.1, 0.15) is 12.4 Å². The molecule has 3 aromatic rings. The van der Waals surface area contributed by atoms with Gasteiger partial charge in [-0.25, -0.2) is 12.4 Å². The average Bonchev–Trinajstić information content (AvgIpc) is 2.78. The van der Waals surface area contributed by atoms with Crippen LogP contribution in [0, 0.1) is 6.92 Å². The molecule has 0 atom stereocenters. The highest BCUT2D eigenvalue weighted by Gasteiger charge is 2.26. The summed E-state index contributed by atoms with van der Waals surface area (Å²) in [6.07, 6.45) is 1.70. The lowest BCUT2D eigenvalue weighted by atomic mass is 10.1. The smallest absolute Gasteiger partial charge is 0.268 e. The molecule has 1 aliphatic rings. The monoisotopic (exact) mass is 374 g/mol. The summed E-state index contributed by atoms with van der Waals surface area (Å²) in [7, 11) is -3.76. The molecule has 1 aliphatic heterocycles. The summed E-state index contributed by atoms with van der Waals surface area (Å²) in [5.41, 5.74) is 1.69. The molecule has 0 N–H and O–H groups in total. The minimum atomic E-state index is -3.76. The van der Waals surface area contributed by atoms with Gasteiger partial charge in [-0.3, -0.25) is 4.99 Å². The third-order valence-electron chi connectivity index (χ3n) is 4.22. The summed E-state index contributed by atoms with van der Waals surface area (Å²) < 4.78 is 33.3. The van der Waals surface area contributed by atoms with Crippen molar-refractivity contribution in [2.75, 3.05) is 13.2 Å². The fourth-order valence-electron chi connectivity index (χ4n) is 3.07. The van der Waals surface area contributed by atoms with E-state index in [1.807, 2.05) is 0 Å². The SMILES string of the molecule is Cc1c(Cl)c2c3c(ccc2n1S(=O)(=O)c1ccccc1)OCCN=C3. The topological polar surface area (TPSA) is 60.7 Å². The summed E-state index contributed by atoms with van der Waals surface area (Å²) in [5, 5.41) is 1.03. The zero-order valence-electron chi connectivity index (χ0n) is 13.4. The summed E-state index contributed by atoms with van der Waals surface area (Å²) in [4.78, 5) is 4.51. The Morgan fingerprint density at radius 3 is 2.68 bits per heavy atom. The van der Waals surface area contributed by atoms with Crippen LogP contribution in [-0.2, 0) is 10.0 Å². The number of hydrogen-bond acceptors (Lipinski definition) is 4. The predicted octanol–water partition coefficient (Wildman–Crippen LogP) is 3.65. The average molecular weight is 375 g/mol. The maximum atomic E-state index is 13.2. The Kier molecular flexibility index (Phi) is 3.81. The highest BCUT2D eigenvalue weighted by molar-refractivity contribution is 7.90. The maximum absolute atomic E-state index is 13.2. The molecule has 0 aliphatic carbocycles. The molecule has 0 saturated heterocycles. The predicted molar refractivity (Wildman–Crippen MR) is 98.7 cm³/mol. The Balaban J connectivity index is 2.07. The molecule has 0 fully saturated rings. The number of nitrogens with zero attached hydrogens (tertiary/aromatic N) is 2. The van der Waals surface area contributed by atoms with Crippen molar-refractivity contribution < 1.29 is 13.2 Å². The van der Waals surface area contributed by atoms with Crippen molar-refractivity contribution >= 4 is 38.7 Å². The second-order valence-corrected chi connectivity index (χ2v) is 7.90. The van der Waals surface area contributed by atoms with Crippen molar-refractivity contribution in [1.82, 2.24) is 3.97 Å². The standard InChI is InChI=1S/C18H15ClN2O3S/c1-12-18(19)17-14-11-20-9-10-24-16(14)8-7-15(17)21(12)25(22,23)13-5-3-2-4-6-13/h2-8,11H,9-10H2,1H3. The van der Waals surface area contributed by atoms with E-state index in [0.29, 0.717) is 46.1 Å². The van der Waals surface area contributed by atoms with Crippen LogP contribution >= 0.6 is 11.6 Å². The second-order valence-electron chi connectivity index (χ2n) is 5.74. The number of ether oxygens (including phenoxy) is 1. The van der Waals surface area contributed by atoms with E-state index in [1.54, 1.807) is 55.6 Å². The molecule has 4 rings (SSSR count). The number of aliphatic imine (C=N–C) groups is 1. The van der Waals surface area contributed by atoms with Crippen molar-refractivity contribution in [2.24, 2.45) is 4.99 Å². The van der Waals surface area contributed by atoms with Crippen LogP contribution in [0.2, 0.25) is 5.02 Å². The first-order chi connectivity index (χ1) is 12.0. The third kappa shape index (κ3) is 2.44. The maximum Gasteiger partial charge on any atom is 0.268 e. The number of hydrogen-bond donors (Lipinski definition) is 0. The van der Waals surface area contributed by atoms with Crippen molar-refractivity contribution in [1.29, 1.82) is 0 Å². The van der Waals surface area contributed by atoms with Crippen LogP contribution < -0.4 is 4.74 Å². The van der Waals surface area contributed by atoms with Gasteiger partial charge in [0, 0.05) is 17.2 Å². The summed E-state index contributed by atoms with van der Waals surface area (Å²) in [6.45, 7) is 2.73. The van der Waals surface area contributed by atoms with E-state index in [2.05, 4.69) is 4.99 Å². The molecule has 7 heteroatoms. The molecule has 2 heterocycles. The molecular formula is C18H15ClN2O3S. The lowest BCUT2D eigenvalue weighted by Gasteiger charge is -2.11. The Bertz CT molecular complexity index is 1100. The van der Waals surface area contributed by atoms with Crippen LogP contribution in [-0.4, -0.2) is 31.8 Å². The highest BCUT2D eigenvalue weighted by Crippen LogP contribution is 2.38. The second kappa shape index (κ2) is 5.89. The highest BCUT2D eigenvalue weighted by atomic mass is 35.5. The number of aromatic nitrogens is 1. The molecule has 0 unspecified atom stereocenters. The van der Waals surface area contributed by atoms with Gasteiger partial charge >= 0.3 is 0 Å². The Labute approximate surface area is 150 Å². The lowest BCUT2D eigenvalue weighted by Crippen LogP contribution is -2.14. The van der Waals surface area contributed by atoms with E-state index < -0.39 is 10.0 Å². The largest absolute Gasteiger partial charge is 0.491 e. The van der Waals surface area contributed by atoms with Gasteiger partial charge in [0.05, 0.1) is 27.7 Å². The quantitative estimate of drug-likeness (QED) is 0.687. The van der Waals surface area contributed by atoms with Gasteiger partial charge in [-0.2, -0.15) is 0 Å². The summed E-state index contributed by atoms with van der Waals surface area (Å²) >= 11 is 6.53. The molecule has 25 heavy (non-hydrogen) atoms. The molecule has 0 amide bonds. The molecule has 1 aromatic heterocycles. The van der Waals surface area contributed by atoms with Crippen molar-refractivity contribution in [2.45, 2.75) is 11.8 Å². The lowest BCUT2D eigenvalue weighted by molar-refractivity contribution is 0.331. The molecule has 0 saturated carbocycles.